The molecule has 0 fully saturated rings. The van der Waals surface area contributed by atoms with Crippen LogP contribution in [-0.2, 0) is 4.74 Å². The van der Waals surface area contributed by atoms with E-state index in [4.69, 9.17) is 9.84 Å². The standard InChI is InChI=1S/C12H17N3O3/c1-8(2)7-18-5-4-13-12-14-6-10(11(16)17)9(3)15-12/h6H,1,4-5,7H2,2-3H3,(H,16,17)(H,13,14,15). The number of nitrogens with one attached hydrogen (secondary N) is 1. The lowest BCUT2D eigenvalue weighted by Crippen LogP contribution is -2.13. The van der Waals surface area contributed by atoms with Crippen molar-refractivity contribution in [1.82, 2.24) is 9.97 Å². The number of carboxylic acid groups (broad SMARTS) is 1. The topological polar surface area (TPSA) is 84.3 Å². The summed E-state index contributed by atoms with van der Waals surface area (Å²) >= 11 is 0. The number of carbonyl (C=O) groups is 1. The van der Waals surface area contributed by atoms with E-state index < -0.39 is 5.97 Å². The number of ether oxygens (including phenoxy) is 1. The van der Waals surface area contributed by atoms with E-state index in [0.717, 1.165) is 5.57 Å². The van der Waals surface area contributed by atoms with Crippen LogP contribution in [0.1, 0.15) is 23.0 Å². The summed E-state index contributed by atoms with van der Waals surface area (Å²) in [6.45, 7) is 8.84. The molecule has 2 N–H and O–H groups in total. The first-order chi connectivity index (χ1) is 8.50. The van der Waals surface area contributed by atoms with Gasteiger partial charge in [-0.1, -0.05) is 12.2 Å². The highest BCUT2D eigenvalue weighted by molar-refractivity contribution is 5.88. The number of anilines is 1. The number of nitrogens with zero attached hydrogens (tertiary/aromatic N) is 2. The van der Waals surface area contributed by atoms with Gasteiger partial charge in [0.15, 0.2) is 0 Å². The normalized spacial score (nSPS) is 10.1. The Balaban J connectivity index is 2.42. The monoisotopic (exact) mass is 251 g/mol. The number of aryl methyl sites for hydroxylation is 1. The van der Waals surface area contributed by atoms with Crippen LogP contribution < -0.4 is 5.32 Å². The zero-order valence-corrected chi connectivity index (χ0v) is 10.6. The van der Waals surface area contributed by atoms with Crippen molar-refractivity contribution in [3.8, 4) is 0 Å². The molecule has 1 aromatic heterocycles. The second-order valence-electron chi connectivity index (χ2n) is 3.93. The maximum atomic E-state index is 10.8. The van der Waals surface area contributed by atoms with E-state index in [9.17, 15) is 4.79 Å². The summed E-state index contributed by atoms with van der Waals surface area (Å²) < 4.78 is 5.30. The molecule has 0 radical (unpaired) electrons. The minimum absolute atomic E-state index is 0.110. The van der Waals surface area contributed by atoms with E-state index in [-0.39, 0.29) is 5.56 Å². The van der Waals surface area contributed by atoms with Gasteiger partial charge in [0.05, 0.1) is 24.5 Å². The van der Waals surface area contributed by atoms with Gasteiger partial charge in [-0.25, -0.2) is 14.8 Å². The number of aromatic carboxylic acids is 1. The summed E-state index contributed by atoms with van der Waals surface area (Å²) in [5.74, 6) is -0.625. The Hall–Kier alpha value is -1.95. The van der Waals surface area contributed by atoms with Crippen molar-refractivity contribution in [2.45, 2.75) is 13.8 Å². The number of hydrogen-bond donors (Lipinski definition) is 2. The quantitative estimate of drug-likeness (QED) is 0.564. The average Bonchev–Trinajstić information content (AvgIpc) is 2.27. The van der Waals surface area contributed by atoms with Gasteiger partial charge in [-0.3, -0.25) is 0 Å². The van der Waals surface area contributed by atoms with Gasteiger partial charge in [-0.05, 0) is 13.8 Å². The Kier molecular flexibility index (Phi) is 5.26. The molecule has 0 unspecified atom stereocenters. The third-order valence-corrected chi connectivity index (χ3v) is 2.09. The molecule has 0 atom stereocenters. The van der Waals surface area contributed by atoms with E-state index >= 15 is 0 Å². The van der Waals surface area contributed by atoms with Crippen LogP contribution in [0.25, 0.3) is 0 Å². The molecule has 0 aliphatic heterocycles. The van der Waals surface area contributed by atoms with Crippen LogP contribution in [0.3, 0.4) is 0 Å². The van der Waals surface area contributed by atoms with Gasteiger partial charge < -0.3 is 15.2 Å². The first-order valence-corrected chi connectivity index (χ1v) is 5.53. The van der Waals surface area contributed by atoms with Crippen molar-refractivity contribution in [1.29, 1.82) is 0 Å². The van der Waals surface area contributed by atoms with Crippen molar-refractivity contribution in [2.75, 3.05) is 25.1 Å². The molecule has 0 spiro atoms. The molecular formula is C12H17N3O3. The van der Waals surface area contributed by atoms with E-state index in [1.165, 1.54) is 6.20 Å². The second kappa shape index (κ2) is 6.70. The van der Waals surface area contributed by atoms with Gasteiger partial charge in [0.25, 0.3) is 0 Å². The lowest BCUT2D eigenvalue weighted by atomic mass is 10.2. The van der Waals surface area contributed by atoms with Crippen LogP contribution in [0, 0.1) is 6.92 Å². The predicted molar refractivity (Wildman–Crippen MR) is 67.9 cm³/mol. The maximum Gasteiger partial charge on any atom is 0.339 e. The molecule has 1 heterocycles. The maximum absolute atomic E-state index is 10.8. The Bertz CT molecular complexity index is 446. The first-order valence-electron chi connectivity index (χ1n) is 5.53. The third-order valence-electron chi connectivity index (χ3n) is 2.09. The van der Waals surface area contributed by atoms with Gasteiger partial charge in [-0.15, -0.1) is 0 Å². The zero-order valence-electron chi connectivity index (χ0n) is 10.6. The third kappa shape index (κ3) is 4.50. The van der Waals surface area contributed by atoms with E-state index in [1.54, 1.807) is 6.92 Å². The Morgan fingerprint density at radius 3 is 2.89 bits per heavy atom. The molecule has 0 saturated carbocycles. The fourth-order valence-electron chi connectivity index (χ4n) is 1.24. The van der Waals surface area contributed by atoms with Crippen LogP contribution in [0.15, 0.2) is 18.3 Å². The molecule has 0 amide bonds. The summed E-state index contributed by atoms with van der Waals surface area (Å²) in [4.78, 5) is 18.7. The van der Waals surface area contributed by atoms with Crippen LogP contribution in [0.2, 0.25) is 0 Å². The van der Waals surface area contributed by atoms with Crippen molar-refractivity contribution < 1.29 is 14.6 Å². The number of aromatic nitrogens is 2. The molecule has 0 saturated heterocycles. The van der Waals surface area contributed by atoms with Crippen LogP contribution >= 0.6 is 0 Å². The molecule has 6 heteroatoms. The lowest BCUT2D eigenvalue weighted by Gasteiger charge is -2.07. The SMILES string of the molecule is C=C(C)COCCNc1ncc(C(=O)O)c(C)n1. The fraction of sp³-hybridized carbons (Fsp3) is 0.417. The van der Waals surface area contributed by atoms with Crippen LogP contribution in [0.4, 0.5) is 5.95 Å². The molecule has 1 aromatic rings. The molecule has 18 heavy (non-hydrogen) atoms. The minimum atomic E-state index is -1.02. The van der Waals surface area contributed by atoms with E-state index in [0.29, 0.717) is 31.4 Å². The summed E-state index contributed by atoms with van der Waals surface area (Å²) in [6.07, 6.45) is 1.29. The summed E-state index contributed by atoms with van der Waals surface area (Å²) in [6, 6.07) is 0. The van der Waals surface area contributed by atoms with Gasteiger partial charge in [0.2, 0.25) is 5.95 Å². The van der Waals surface area contributed by atoms with E-state index in [1.807, 2.05) is 6.92 Å². The first kappa shape index (κ1) is 14.1. The number of rotatable bonds is 7. The van der Waals surface area contributed by atoms with E-state index in [2.05, 4.69) is 21.9 Å². The molecule has 0 bridgehead atoms. The Morgan fingerprint density at radius 2 is 2.33 bits per heavy atom. The molecule has 0 aromatic carbocycles. The predicted octanol–water partition coefficient (Wildman–Crippen LogP) is 1.49. The fourth-order valence-corrected chi connectivity index (χ4v) is 1.24. The van der Waals surface area contributed by atoms with Gasteiger partial charge in [-0.2, -0.15) is 0 Å². The summed E-state index contributed by atoms with van der Waals surface area (Å²) in [7, 11) is 0. The molecular weight excluding hydrogens is 234 g/mol. The summed E-state index contributed by atoms with van der Waals surface area (Å²) in [5.41, 5.74) is 1.51. The number of hydrogen-bond acceptors (Lipinski definition) is 5. The number of carboxylic acids is 1. The van der Waals surface area contributed by atoms with Crippen LogP contribution in [0.5, 0.6) is 0 Å². The van der Waals surface area contributed by atoms with Crippen LogP contribution in [-0.4, -0.2) is 40.8 Å². The Morgan fingerprint density at radius 1 is 1.61 bits per heavy atom. The van der Waals surface area contributed by atoms with Crippen molar-refractivity contribution in [3.63, 3.8) is 0 Å². The highest BCUT2D eigenvalue weighted by atomic mass is 16.5. The highest BCUT2D eigenvalue weighted by Crippen LogP contribution is 2.06. The summed E-state index contributed by atoms with van der Waals surface area (Å²) in [5, 5.41) is 11.8. The van der Waals surface area contributed by atoms with Crippen molar-refractivity contribution in [3.05, 3.63) is 29.6 Å². The molecule has 6 nitrogen and oxygen atoms in total. The molecule has 1 rings (SSSR count). The molecule has 98 valence electrons. The Labute approximate surface area is 106 Å². The lowest BCUT2D eigenvalue weighted by molar-refractivity contribution is 0.0695. The smallest absolute Gasteiger partial charge is 0.339 e. The van der Waals surface area contributed by atoms with Crippen molar-refractivity contribution in [2.24, 2.45) is 0 Å². The van der Waals surface area contributed by atoms with Gasteiger partial charge >= 0.3 is 5.97 Å². The zero-order chi connectivity index (χ0) is 13.5. The van der Waals surface area contributed by atoms with Gasteiger partial charge in [0.1, 0.15) is 0 Å². The van der Waals surface area contributed by atoms with Gasteiger partial charge in [0, 0.05) is 12.7 Å². The van der Waals surface area contributed by atoms with Crippen molar-refractivity contribution >= 4 is 11.9 Å². The second-order valence-corrected chi connectivity index (χ2v) is 3.93. The molecule has 0 aliphatic carbocycles. The average molecular weight is 251 g/mol. The largest absolute Gasteiger partial charge is 0.478 e. The molecule has 0 aliphatic rings. The highest BCUT2D eigenvalue weighted by Gasteiger charge is 2.09. The minimum Gasteiger partial charge on any atom is -0.478 e.